The minimum atomic E-state index is 0.0278. The molecule has 0 heterocycles. The molecule has 0 aliphatic heterocycles. The number of ether oxygens (including phenoxy) is 2. The summed E-state index contributed by atoms with van der Waals surface area (Å²) in [6, 6.07) is 0. The van der Waals surface area contributed by atoms with E-state index in [-0.39, 0.29) is 24.4 Å². The van der Waals surface area contributed by atoms with Crippen LogP contribution in [-0.2, 0) is 9.47 Å². The lowest BCUT2D eigenvalue weighted by atomic mass is 9.98. The fourth-order valence-electron chi connectivity index (χ4n) is 2.29. The Morgan fingerprint density at radius 2 is 1.10 bits per heavy atom. The summed E-state index contributed by atoms with van der Waals surface area (Å²) in [6.07, 6.45) is 4.66. The van der Waals surface area contributed by atoms with Crippen molar-refractivity contribution in [2.24, 2.45) is 0 Å². The predicted octanol–water partition coefficient (Wildman–Crippen LogP) is 3.15. The molecule has 0 atom stereocenters. The van der Waals surface area contributed by atoms with Crippen LogP contribution >= 0.6 is 0 Å². The fourth-order valence-corrected chi connectivity index (χ4v) is 2.29. The molecule has 0 saturated heterocycles. The maximum Gasteiger partial charge on any atom is 0.0698 e. The monoisotopic (exact) mass is 292 g/mol. The van der Waals surface area contributed by atoms with Gasteiger partial charge in [0.25, 0.3) is 0 Å². The number of hydrogen-bond donors (Lipinski definition) is 2. The van der Waals surface area contributed by atoms with Crippen molar-refractivity contribution in [3.05, 3.63) is 0 Å². The quantitative estimate of drug-likeness (QED) is 0.607. The van der Waals surface area contributed by atoms with Gasteiger partial charge in [-0.05, 0) is 40.5 Å². The molecule has 0 aliphatic rings. The van der Waals surface area contributed by atoms with Gasteiger partial charge in [-0.25, -0.2) is 0 Å². The second-order valence-corrected chi connectivity index (χ2v) is 6.18. The molecule has 0 radical (unpaired) electrons. The van der Waals surface area contributed by atoms with Crippen molar-refractivity contribution in [3.8, 4) is 0 Å². The molecule has 2 N–H and O–H groups in total. The van der Waals surface area contributed by atoms with E-state index in [1.165, 1.54) is 12.8 Å². The molecule has 124 valence electrons. The van der Waals surface area contributed by atoms with Gasteiger partial charge in [-0.15, -0.1) is 0 Å². The first-order valence-corrected chi connectivity index (χ1v) is 7.74. The summed E-state index contributed by atoms with van der Waals surface area (Å²) in [4.78, 5) is 0. The molecule has 0 unspecified atom stereocenters. The first-order chi connectivity index (χ1) is 9.24. The maximum absolute atomic E-state index is 8.09. The van der Waals surface area contributed by atoms with Crippen molar-refractivity contribution < 1.29 is 19.7 Å². The van der Waals surface area contributed by atoms with E-state index in [1.54, 1.807) is 0 Å². The van der Waals surface area contributed by atoms with Crippen molar-refractivity contribution in [1.82, 2.24) is 0 Å². The van der Waals surface area contributed by atoms with Crippen LogP contribution in [0.25, 0.3) is 0 Å². The Balaban J connectivity index is 0. The molecule has 20 heavy (non-hydrogen) atoms. The topological polar surface area (TPSA) is 58.9 Å². The Bertz CT molecular complexity index is 183. The van der Waals surface area contributed by atoms with E-state index in [4.69, 9.17) is 14.9 Å². The van der Waals surface area contributed by atoms with Crippen molar-refractivity contribution in [1.29, 1.82) is 0 Å². The third kappa shape index (κ3) is 15.9. The molecule has 4 nitrogen and oxygen atoms in total. The molecule has 0 aromatic rings. The first-order valence-electron chi connectivity index (χ1n) is 7.74. The third-order valence-corrected chi connectivity index (χ3v) is 2.73. The van der Waals surface area contributed by atoms with Crippen LogP contribution in [0.1, 0.15) is 67.2 Å². The summed E-state index contributed by atoms with van der Waals surface area (Å²) in [5, 5.41) is 16.2. The van der Waals surface area contributed by atoms with Crippen LogP contribution in [0.2, 0.25) is 0 Å². The minimum absolute atomic E-state index is 0.0278. The Labute approximate surface area is 125 Å². The van der Waals surface area contributed by atoms with E-state index in [1.807, 2.05) is 0 Å². The summed E-state index contributed by atoms with van der Waals surface area (Å²) in [6.45, 7) is 13.9. The molecule has 0 amide bonds. The highest BCUT2D eigenvalue weighted by atomic mass is 16.5. The van der Waals surface area contributed by atoms with E-state index >= 15 is 0 Å². The Kier molecular flexibility index (Phi) is 13.9. The second kappa shape index (κ2) is 12.6. The van der Waals surface area contributed by atoms with Gasteiger partial charge in [0.1, 0.15) is 0 Å². The van der Waals surface area contributed by atoms with Crippen LogP contribution in [-0.4, -0.2) is 47.8 Å². The van der Waals surface area contributed by atoms with Gasteiger partial charge in [0.2, 0.25) is 0 Å². The van der Waals surface area contributed by atoms with Crippen molar-refractivity contribution in [3.63, 3.8) is 0 Å². The van der Waals surface area contributed by atoms with Crippen LogP contribution in [0, 0.1) is 0 Å². The van der Waals surface area contributed by atoms with E-state index < -0.39 is 0 Å². The highest BCUT2D eigenvalue weighted by molar-refractivity contribution is 4.76. The van der Waals surface area contributed by atoms with Crippen LogP contribution in [0.4, 0.5) is 0 Å². The summed E-state index contributed by atoms with van der Waals surface area (Å²) in [7, 11) is 0. The Hall–Kier alpha value is -0.160. The van der Waals surface area contributed by atoms with E-state index in [0.29, 0.717) is 13.2 Å². The molecule has 0 spiro atoms. The van der Waals surface area contributed by atoms with E-state index in [0.717, 1.165) is 12.8 Å². The van der Waals surface area contributed by atoms with Gasteiger partial charge >= 0.3 is 0 Å². The van der Waals surface area contributed by atoms with Gasteiger partial charge in [-0.3, -0.25) is 0 Å². The average molecular weight is 292 g/mol. The van der Waals surface area contributed by atoms with E-state index in [2.05, 4.69) is 46.3 Å². The summed E-state index contributed by atoms with van der Waals surface area (Å²) >= 11 is 0. The van der Waals surface area contributed by atoms with Gasteiger partial charge in [0, 0.05) is 0 Å². The summed E-state index contributed by atoms with van der Waals surface area (Å²) in [5.74, 6) is 0. The highest BCUT2D eigenvalue weighted by Gasteiger charge is 2.27. The van der Waals surface area contributed by atoms with Gasteiger partial charge in [0.15, 0.2) is 0 Å². The lowest BCUT2D eigenvalue weighted by Crippen LogP contribution is -2.36. The Morgan fingerprint density at radius 1 is 0.750 bits per heavy atom. The first kappa shape index (κ1) is 22.1. The third-order valence-electron chi connectivity index (χ3n) is 2.73. The predicted molar refractivity (Wildman–Crippen MR) is 84.0 cm³/mol. The zero-order chi connectivity index (χ0) is 16.1. The number of hydrogen-bond acceptors (Lipinski definition) is 4. The summed E-state index contributed by atoms with van der Waals surface area (Å²) in [5.41, 5.74) is 0.0703. The van der Waals surface area contributed by atoms with Crippen LogP contribution in [0.3, 0.4) is 0 Å². The molecular formula is C16H36O4. The van der Waals surface area contributed by atoms with Gasteiger partial charge < -0.3 is 19.7 Å². The minimum Gasteiger partial charge on any atom is -0.394 e. The largest absolute Gasteiger partial charge is 0.394 e. The van der Waals surface area contributed by atoms with Gasteiger partial charge in [0.05, 0.1) is 37.6 Å². The van der Waals surface area contributed by atoms with Crippen molar-refractivity contribution in [2.75, 3.05) is 26.4 Å². The number of rotatable bonds is 10. The smallest absolute Gasteiger partial charge is 0.0698 e. The van der Waals surface area contributed by atoms with E-state index in [9.17, 15) is 0 Å². The van der Waals surface area contributed by atoms with Crippen LogP contribution in [0.15, 0.2) is 0 Å². The normalized spacial score (nSPS) is 12.0. The molecule has 4 heteroatoms. The highest BCUT2D eigenvalue weighted by Crippen LogP contribution is 2.27. The second-order valence-electron chi connectivity index (χ2n) is 6.18. The van der Waals surface area contributed by atoms with Crippen molar-refractivity contribution in [2.45, 2.75) is 78.4 Å². The molecule has 0 rings (SSSR count). The fraction of sp³-hybridized carbons (Fsp3) is 1.00. The standard InChI is InChI=1S/C12H26O.C4H10O3/c1-7-9-11(3,4)13-12(5,6)10-8-2;5-1-3-7-4-2-6/h7-10H2,1-6H3;5-6H,1-4H2. The lowest BCUT2D eigenvalue weighted by molar-refractivity contribution is -0.129. The Morgan fingerprint density at radius 3 is 1.35 bits per heavy atom. The number of aliphatic hydroxyl groups excluding tert-OH is 2. The van der Waals surface area contributed by atoms with Crippen LogP contribution < -0.4 is 0 Å². The average Bonchev–Trinajstić information content (AvgIpc) is 2.28. The zero-order valence-corrected chi connectivity index (χ0v) is 14.4. The molecule has 0 fully saturated rings. The molecule has 0 saturated carbocycles. The summed E-state index contributed by atoms with van der Waals surface area (Å²) < 4.78 is 10.7. The molecular weight excluding hydrogens is 256 g/mol. The van der Waals surface area contributed by atoms with Crippen molar-refractivity contribution >= 4 is 0 Å². The lowest BCUT2D eigenvalue weighted by Gasteiger charge is -2.36. The maximum atomic E-state index is 8.09. The molecule has 0 aromatic carbocycles. The molecule has 0 aliphatic carbocycles. The van der Waals surface area contributed by atoms with Gasteiger partial charge in [-0.2, -0.15) is 0 Å². The SMILES string of the molecule is CCCC(C)(C)OC(C)(C)CCC.OCCOCCO. The zero-order valence-electron chi connectivity index (χ0n) is 14.4. The number of aliphatic hydroxyl groups is 2. The molecule has 0 aromatic heterocycles. The van der Waals surface area contributed by atoms with Gasteiger partial charge in [-0.1, -0.05) is 26.7 Å². The molecule has 0 bridgehead atoms. The van der Waals surface area contributed by atoms with Crippen LogP contribution in [0.5, 0.6) is 0 Å².